The molecular weight excluding hydrogens is 406 g/mol. The molecule has 2 atom stereocenters. The first-order valence-electron chi connectivity index (χ1n) is 6.13. The lowest BCUT2D eigenvalue weighted by Crippen LogP contribution is -2.23. The van der Waals surface area contributed by atoms with Crippen molar-refractivity contribution in [2.45, 2.75) is 18.6 Å². The molecule has 0 bridgehead atoms. The molecule has 1 aliphatic rings. The van der Waals surface area contributed by atoms with Gasteiger partial charge >= 0.3 is 0 Å². The number of nitrogens with two attached hydrogens (primary N) is 1. The number of thiophene rings is 1. The van der Waals surface area contributed by atoms with E-state index < -0.39 is 0 Å². The molecule has 0 saturated carbocycles. The summed E-state index contributed by atoms with van der Waals surface area (Å²) in [7, 11) is 1.65. The maximum Gasteiger partial charge on any atom is 0.135 e. The van der Waals surface area contributed by atoms with Gasteiger partial charge in [-0.2, -0.15) is 0 Å². The number of halogens is 2. The van der Waals surface area contributed by atoms with Crippen molar-refractivity contribution in [3.8, 4) is 11.5 Å². The van der Waals surface area contributed by atoms with Crippen LogP contribution in [0.2, 0.25) is 0 Å². The Hall–Kier alpha value is -0.560. The Morgan fingerprint density at radius 1 is 1.35 bits per heavy atom. The van der Waals surface area contributed by atoms with Gasteiger partial charge in [-0.1, -0.05) is 6.07 Å². The Labute approximate surface area is 138 Å². The van der Waals surface area contributed by atoms with Crippen molar-refractivity contribution in [2.24, 2.45) is 5.73 Å². The molecule has 0 spiro atoms. The zero-order valence-electron chi connectivity index (χ0n) is 10.7. The number of rotatable bonds is 2. The molecule has 1 aromatic heterocycles. The predicted molar refractivity (Wildman–Crippen MR) is 87.6 cm³/mol. The second-order valence-electron chi connectivity index (χ2n) is 4.62. The van der Waals surface area contributed by atoms with Crippen molar-refractivity contribution in [3.05, 3.63) is 43.0 Å². The van der Waals surface area contributed by atoms with Crippen LogP contribution >= 0.6 is 43.2 Å². The highest BCUT2D eigenvalue weighted by atomic mass is 79.9. The molecule has 0 radical (unpaired) electrons. The standard InChI is InChI=1S/C14H13Br2NO2S/c1-18-7-2-3-8-10(17)6-12(19-11(8)4-7)13-5-9(15)14(16)20-13/h2-5,10,12H,6,17H2,1H3/t10-,12?/m0/s1. The van der Waals surface area contributed by atoms with Crippen LogP contribution in [-0.4, -0.2) is 7.11 Å². The van der Waals surface area contributed by atoms with Gasteiger partial charge in [0.05, 0.1) is 10.9 Å². The molecule has 2 aromatic rings. The van der Waals surface area contributed by atoms with E-state index in [1.54, 1.807) is 18.4 Å². The molecule has 2 N–H and O–H groups in total. The largest absolute Gasteiger partial charge is 0.497 e. The molecule has 1 unspecified atom stereocenters. The molecule has 3 nitrogen and oxygen atoms in total. The Morgan fingerprint density at radius 2 is 2.15 bits per heavy atom. The minimum absolute atomic E-state index is 0.0165. The molecule has 1 aromatic carbocycles. The molecule has 3 rings (SSSR count). The smallest absolute Gasteiger partial charge is 0.135 e. The van der Waals surface area contributed by atoms with E-state index in [9.17, 15) is 0 Å². The molecule has 0 aliphatic carbocycles. The minimum Gasteiger partial charge on any atom is -0.497 e. The van der Waals surface area contributed by atoms with Gasteiger partial charge in [-0.15, -0.1) is 11.3 Å². The maximum atomic E-state index is 6.27. The molecular formula is C14H13Br2NO2S. The normalized spacial score (nSPS) is 21.2. The van der Waals surface area contributed by atoms with Gasteiger partial charge in [0, 0.05) is 33.4 Å². The summed E-state index contributed by atoms with van der Waals surface area (Å²) in [6.45, 7) is 0. The van der Waals surface area contributed by atoms with Crippen LogP contribution in [-0.2, 0) is 0 Å². The first kappa shape index (κ1) is 14.4. The van der Waals surface area contributed by atoms with Crippen molar-refractivity contribution >= 4 is 43.2 Å². The molecule has 0 saturated heterocycles. The van der Waals surface area contributed by atoms with E-state index in [0.29, 0.717) is 0 Å². The van der Waals surface area contributed by atoms with E-state index in [1.807, 2.05) is 18.2 Å². The number of hydrogen-bond acceptors (Lipinski definition) is 4. The van der Waals surface area contributed by atoms with Gasteiger partial charge in [-0.25, -0.2) is 0 Å². The summed E-state index contributed by atoms with van der Waals surface area (Å²) in [6.07, 6.45) is 0.760. The van der Waals surface area contributed by atoms with Gasteiger partial charge in [0.2, 0.25) is 0 Å². The quantitative estimate of drug-likeness (QED) is 0.761. The zero-order chi connectivity index (χ0) is 14.3. The van der Waals surface area contributed by atoms with Crippen LogP contribution in [0.1, 0.15) is 29.0 Å². The fourth-order valence-corrected chi connectivity index (χ4v) is 4.44. The highest BCUT2D eigenvalue weighted by Crippen LogP contribution is 2.45. The van der Waals surface area contributed by atoms with E-state index in [0.717, 1.165) is 36.6 Å². The summed E-state index contributed by atoms with van der Waals surface area (Å²) in [5.41, 5.74) is 7.31. The molecule has 6 heteroatoms. The van der Waals surface area contributed by atoms with E-state index in [-0.39, 0.29) is 12.1 Å². The highest BCUT2D eigenvalue weighted by Gasteiger charge is 2.29. The van der Waals surface area contributed by atoms with E-state index in [2.05, 4.69) is 37.9 Å². The lowest BCUT2D eigenvalue weighted by Gasteiger charge is -2.30. The van der Waals surface area contributed by atoms with Crippen LogP contribution < -0.4 is 15.2 Å². The average Bonchev–Trinajstić information content (AvgIpc) is 2.78. The van der Waals surface area contributed by atoms with Crippen molar-refractivity contribution in [1.29, 1.82) is 0 Å². The fraction of sp³-hybridized carbons (Fsp3) is 0.286. The second kappa shape index (κ2) is 5.67. The lowest BCUT2D eigenvalue weighted by molar-refractivity contribution is 0.164. The van der Waals surface area contributed by atoms with Gasteiger partial charge in [0.15, 0.2) is 0 Å². The van der Waals surface area contributed by atoms with Crippen LogP contribution in [0.3, 0.4) is 0 Å². The number of benzene rings is 1. The average molecular weight is 419 g/mol. The Balaban J connectivity index is 1.94. The fourth-order valence-electron chi connectivity index (χ4n) is 2.31. The Morgan fingerprint density at radius 3 is 2.80 bits per heavy atom. The molecule has 2 heterocycles. The summed E-state index contributed by atoms with van der Waals surface area (Å²) in [4.78, 5) is 1.16. The summed E-state index contributed by atoms with van der Waals surface area (Å²) >= 11 is 8.69. The van der Waals surface area contributed by atoms with Gasteiger partial charge in [0.25, 0.3) is 0 Å². The van der Waals surface area contributed by atoms with Gasteiger partial charge < -0.3 is 15.2 Å². The maximum absolute atomic E-state index is 6.27. The predicted octanol–water partition coefficient (Wildman–Crippen LogP) is 4.81. The summed E-state index contributed by atoms with van der Waals surface area (Å²) in [5, 5.41) is 0. The Kier molecular flexibility index (Phi) is 4.08. The van der Waals surface area contributed by atoms with Crippen molar-refractivity contribution in [1.82, 2.24) is 0 Å². The van der Waals surface area contributed by atoms with Gasteiger partial charge in [0.1, 0.15) is 17.6 Å². The zero-order valence-corrected chi connectivity index (χ0v) is 14.7. The van der Waals surface area contributed by atoms with Crippen LogP contribution in [0, 0.1) is 0 Å². The molecule has 1 aliphatic heterocycles. The van der Waals surface area contributed by atoms with E-state index in [1.165, 1.54) is 0 Å². The van der Waals surface area contributed by atoms with Crippen molar-refractivity contribution in [2.75, 3.05) is 7.11 Å². The van der Waals surface area contributed by atoms with Crippen LogP contribution in [0.4, 0.5) is 0 Å². The van der Waals surface area contributed by atoms with E-state index >= 15 is 0 Å². The highest BCUT2D eigenvalue weighted by molar-refractivity contribution is 9.13. The van der Waals surface area contributed by atoms with Crippen molar-refractivity contribution < 1.29 is 9.47 Å². The third-order valence-electron chi connectivity index (χ3n) is 3.34. The lowest BCUT2D eigenvalue weighted by atomic mass is 9.96. The van der Waals surface area contributed by atoms with Crippen molar-refractivity contribution in [3.63, 3.8) is 0 Å². The van der Waals surface area contributed by atoms with Gasteiger partial charge in [-0.05, 0) is 44.0 Å². The third kappa shape index (κ3) is 2.62. The monoisotopic (exact) mass is 417 g/mol. The van der Waals surface area contributed by atoms with Crippen LogP contribution in [0.5, 0.6) is 11.5 Å². The summed E-state index contributed by atoms with van der Waals surface area (Å²) in [6, 6.07) is 7.86. The second-order valence-corrected chi connectivity index (χ2v) is 7.88. The molecule has 20 heavy (non-hydrogen) atoms. The molecule has 0 fully saturated rings. The summed E-state index contributed by atoms with van der Waals surface area (Å²) < 4.78 is 13.5. The minimum atomic E-state index is -0.0192. The number of hydrogen-bond donors (Lipinski definition) is 1. The molecule has 106 valence electrons. The SMILES string of the molecule is COc1ccc2c(c1)OC(c1cc(Br)c(Br)s1)C[C@@H]2N. The topological polar surface area (TPSA) is 44.5 Å². The summed E-state index contributed by atoms with van der Waals surface area (Å²) in [5.74, 6) is 1.60. The first-order chi connectivity index (χ1) is 9.58. The number of methoxy groups -OCH3 is 1. The van der Waals surface area contributed by atoms with Crippen LogP contribution in [0.25, 0.3) is 0 Å². The van der Waals surface area contributed by atoms with Crippen LogP contribution in [0.15, 0.2) is 32.5 Å². The number of ether oxygens (including phenoxy) is 2. The third-order valence-corrected chi connectivity index (χ3v) is 6.69. The van der Waals surface area contributed by atoms with Gasteiger partial charge in [-0.3, -0.25) is 0 Å². The van der Waals surface area contributed by atoms with E-state index in [4.69, 9.17) is 15.2 Å². The first-order valence-corrected chi connectivity index (χ1v) is 8.53. The number of fused-ring (bicyclic) bond motifs is 1. The molecule has 0 amide bonds. The Bertz CT molecular complexity index is 625.